The summed E-state index contributed by atoms with van der Waals surface area (Å²) >= 11 is 1.51. The van der Waals surface area contributed by atoms with Gasteiger partial charge in [-0.1, -0.05) is 48.2 Å². The summed E-state index contributed by atoms with van der Waals surface area (Å²) in [5.74, 6) is 1.41. The lowest BCUT2D eigenvalue weighted by atomic mass is 10.1. The molecule has 0 aliphatic carbocycles. The average Bonchev–Trinajstić information content (AvgIpc) is 3.00. The second kappa shape index (κ2) is 6.98. The lowest BCUT2D eigenvalue weighted by molar-refractivity contribution is 0.322. The van der Waals surface area contributed by atoms with Gasteiger partial charge in [-0.3, -0.25) is 4.57 Å². The quantitative estimate of drug-likeness (QED) is 0.728. The fourth-order valence-electron chi connectivity index (χ4n) is 2.37. The fourth-order valence-corrected chi connectivity index (χ4v) is 3.07. The number of hydrogen-bond donors (Lipinski definition) is 1. The zero-order chi connectivity index (χ0) is 16.2. The standard InChI is InChI=1S/C18H19N3OS/c1-13-8-9-16(12-14(13)2)21-17(15-6-4-3-5-7-15)19-20-18(21)23-11-10-22/h3-9,12,22H,10-11H2,1-2H3. The Morgan fingerprint density at radius 3 is 2.48 bits per heavy atom. The van der Waals surface area contributed by atoms with Crippen molar-refractivity contribution < 1.29 is 5.11 Å². The van der Waals surface area contributed by atoms with Gasteiger partial charge in [0.15, 0.2) is 11.0 Å². The molecule has 4 nitrogen and oxygen atoms in total. The highest BCUT2D eigenvalue weighted by atomic mass is 32.2. The van der Waals surface area contributed by atoms with Gasteiger partial charge >= 0.3 is 0 Å². The van der Waals surface area contributed by atoms with Gasteiger partial charge in [-0.25, -0.2) is 0 Å². The molecule has 0 aliphatic heterocycles. The van der Waals surface area contributed by atoms with Gasteiger partial charge in [0.2, 0.25) is 0 Å². The van der Waals surface area contributed by atoms with E-state index in [1.165, 1.54) is 22.9 Å². The molecule has 0 spiro atoms. The molecular formula is C18H19N3OS. The van der Waals surface area contributed by atoms with Crippen LogP contribution >= 0.6 is 11.8 Å². The molecule has 5 heteroatoms. The molecule has 0 unspecified atom stereocenters. The lowest BCUT2D eigenvalue weighted by Gasteiger charge is -2.12. The van der Waals surface area contributed by atoms with Gasteiger partial charge < -0.3 is 5.11 Å². The molecule has 0 aliphatic rings. The SMILES string of the molecule is Cc1ccc(-n2c(SCCO)nnc2-c2ccccc2)cc1C. The topological polar surface area (TPSA) is 50.9 Å². The Morgan fingerprint density at radius 1 is 1.00 bits per heavy atom. The highest BCUT2D eigenvalue weighted by Crippen LogP contribution is 2.28. The van der Waals surface area contributed by atoms with Gasteiger partial charge in [0.25, 0.3) is 0 Å². The molecule has 2 aromatic carbocycles. The first kappa shape index (κ1) is 15.8. The van der Waals surface area contributed by atoms with Crippen LogP contribution in [-0.2, 0) is 0 Å². The third kappa shape index (κ3) is 3.30. The molecule has 0 radical (unpaired) electrons. The molecule has 0 saturated heterocycles. The zero-order valence-corrected chi connectivity index (χ0v) is 14.0. The Hall–Kier alpha value is -2.11. The molecule has 0 atom stereocenters. The smallest absolute Gasteiger partial charge is 0.196 e. The maximum atomic E-state index is 9.12. The number of aryl methyl sites for hydroxylation is 2. The molecule has 0 saturated carbocycles. The number of nitrogens with zero attached hydrogens (tertiary/aromatic N) is 3. The van der Waals surface area contributed by atoms with Crippen molar-refractivity contribution >= 4 is 11.8 Å². The summed E-state index contributed by atoms with van der Waals surface area (Å²) in [5, 5.41) is 18.6. The van der Waals surface area contributed by atoms with E-state index in [4.69, 9.17) is 5.11 Å². The van der Waals surface area contributed by atoms with Gasteiger partial charge in [-0.05, 0) is 37.1 Å². The van der Waals surface area contributed by atoms with Gasteiger partial charge in [-0.15, -0.1) is 10.2 Å². The molecule has 1 heterocycles. The van der Waals surface area contributed by atoms with E-state index in [9.17, 15) is 0 Å². The van der Waals surface area contributed by atoms with Crippen molar-refractivity contribution in [2.75, 3.05) is 12.4 Å². The molecule has 0 bridgehead atoms. The monoisotopic (exact) mass is 325 g/mol. The minimum absolute atomic E-state index is 0.116. The number of aliphatic hydroxyl groups is 1. The van der Waals surface area contributed by atoms with Crippen molar-refractivity contribution in [3.63, 3.8) is 0 Å². The van der Waals surface area contributed by atoms with Crippen LogP contribution in [-0.4, -0.2) is 32.2 Å². The van der Waals surface area contributed by atoms with Gasteiger partial charge in [0, 0.05) is 11.3 Å². The van der Waals surface area contributed by atoms with Gasteiger partial charge in [-0.2, -0.15) is 0 Å². The van der Waals surface area contributed by atoms with Crippen molar-refractivity contribution in [3.8, 4) is 17.1 Å². The normalized spacial score (nSPS) is 10.9. The summed E-state index contributed by atoms with van der Waals surface area (Å²) in [6.45, 7) is 4.32. The van der Waals surface area contributed by atoms with Crippen LogP contribution < -0.4 is 0 Å². The largest absolute Gasteiger partial charge is 0.396 e. The van der Waals surface area contributed by atoms with Gasteiger partial charge in [0.05, 0.1) is 12.3 Å². The van der Waals surface area contributed by atoms with E-state index in [0.29, 0.717) is 5.75 Å². The highest BCUT2D eigenvalue weighted by molar-refractivity contribution is 7.99. The van der Waals surface area contributed by atoms with Crippen LogP contribution in [0.25, 0.3) is 17.1 Å². The first-order valence-electron chi connectivity index (χ1n) is 7.53. The summed E-state index contributed by atoms with van der Waals surface area (Å²) in [5.41, 5.74) is 4.55. The van der Waals surface area contributed by atoms with E-state index in [0.717, 1.165) is 22.2 Å². The molecular weight excluding hydrogens is 306 g/mol. The molecule has 1 N–H and O–H groups in total. The number of hydrogen-bond acceptors (Lipinski definition) is 4. The Balaban J connectivity index is 2.14. The predicted molar refractivity (Wildman–Crippen MR) is 94.1 cm³/mol. The number of aliphatic hydroxyl groups excluding tert-OH is 1. The second-order valence-electron chi connectivity index (χ2n) is 5.35. The summed E-state index contributed by atoms with van der Waals surface area (Å²) in [6, 6.07) is 16.4. The fraction of sp³-hybridized carbons (Fsp3) is 0.222. The van der Waals surface area contributed by atoms with Crippen molar-refractivity contribution in [2.45, 2.75) is 19.0 Å². The molecule has 118 valence electrons. The van der Waals surface area contributed by atoms with Crippen molar-refractivity contribution in [1.82, 2.24) is 14.8 Å². The van der Waals surface area contributed by atoms with E-state index >= 15 is 0 Å². The zero-order valence-electron chi connectivity index (χ0n) is 13.2. The first-order valence-corrected chi connectivity index (χ1v) is 8.51. The molecule has 3 rings (SSSR count). The minimum atomic E-state index is 0.116. The first-order chi connectivity index (χ1) is 11.2. The third-order valence-electron chi connectivity index (χ3n) is 3.74. The second-order valence-corrected chi connectivity index (χ2v) is 6.41. The molecule has 0 fully saturated rings. The maximum Gasteiger partial charge on any atom is 0.196 e. The summed E-state index contributed by atoms with van der Waals surface area (Å²) in [4.78, 5) is 0. The van der Waals surface area contributed by atoms with Crippen molar-refractivity contribution in [2.24, 2.45) is 0 Å². The average molecular weight is 325 g/mol. The number of aromatic nitrogens is 3. The van der Waals surface area contributed by atoms with Crippen LogP contribution in [0.3, 0.4) is 0 Å². The Kier molecular flexibility index (Phi) is 4.79. The van der Waals surface area contributed by atoms with E-state index < -0.39 is 0 Å². The van der Waals surface area contributed by atoms with Crippen LogP contribution in [0.5, 0.6) is 0 Å². The van der Waals surface area contributed by atoms with Crippen LogP contribution in [0.4, 0.5) is 0 Å². The molecule has 0 amide bonds. The lowest BCUT2D eigenvalue weighted by Crippen LogP contribution is -2.01. The Morgan fingerprint density at radius 2 is 1.78 bits per heavy atom. The predicted octanol–water partition coefficient (Wildman–Crippen LogP) is 3.64. The van der Waals surface area contributed by atoms with Crippen molar-refractivity contribution in [3.05, 3.63) is 59.7 Å². The molecule has 23 heavy (non-hydrogen) atoms. The van der Waals surface area contributed by atoms with Crippen LogP contribution in [0, 0.1) is 13.8 Å². The third-order valence-corrected chi connectivity index (χ3v) is 4.65. The molecule has 1 aromatic heterocycles. The highest BCUT2D eigenvalue weighted by Gasteiger charge is 2.16. The number of benzene rings is 2. The van der Waals surface area contributed by atoms with Crippen molar-refractivity contribution in [1.29, 1.82) is 0 Å². The van der Waals surface area contributed by atoms with Gasteiger partial charge in [0.1, 0.15) is 0 Å². The van der Waals surface area contributed by atoms with E-state index in [1.54, 1.807) is 0 Å². The van der Waals surface area contributed by atoms with E-state index in [1.807, 2.05) is 30.3 Å². The van der Waals surface area contributed by atoms with E-state index in [2.05, 4.69) is 46.8 Å². The minimum Gasteiger partial charge on any atom is -0.396 e. The summed E-state index contributed by atoms with van der Waals surface area (Å²) in [7, 11) is 0. The Labute approximate surface area is 140 Å². The van der Waals surface area contributed by atoms with Crippen LogP contribution in [0.2, 0.25) is 0 Å². The molecule has 3 aromatic rings. The van der Waals surface area contributed by atoms with E-state index in [-0.39, 0.29) is 6.61 Å². The maximum absolute atomic E-state index is 9.12. The Bertz CT molecular complexity index is 799. The summed E-state index contributed by atoms with van der Waals surface area (Å²) < 4.78 is 2.06. The van der Waals surface area contributed by atoms with Crippen LogP contribution in [0.15, 0.2) is 53.7 Å². The number of rotatable bonds is 5. The van der Waals surface area contributed by atoms with Crippen LogP contribution in [0.1, 0.15) is 11.1 Å². The summed E-state index contributed by atoms with van der Waals surface area (Å²) in [6.07, 6.45) is 0. The number of thioether (sulfide) groups is 1.